The summed E-state index contributed by atoms with van der Waals surface area (Å²) in [6, 6.07) is 17.3. The topological polar surface area (TPSA) is 57.2 Å². The Bertz CT molecular complexity index is 1020. The number of ether oxygens (including phenoxy) is 4. The van der Waals surface area contributed by atoms with Gasteiger partial charge in [-0.05, 0) is 54.4 Å². The van der Waals surface area contributed by atoms with Crippen molar-refractivity contribution in [2.45, 2.75) is 50.1 Å². The van der Waals surface area contributed by atoms with Gasteiger partial charge in [0.25, 0.3) is 0 Å². The Balaban J connectivity index is 1.15. The molecule has 1 aliphatic carbocycles. The third-order valence-corrected chi connectivity index (χ3v) is 7.63. The molecule has 2 heterocycles. The molecular formula is C30H37NO5. The quantitative estimate of drug-likeness (QED) is 0.304. The van der Waals surface area contributed by atoms with Crippen molar-refractivity contribution in [1.82, 2.24) is 4.90 Å². The normalized spacial score (nSPS) is 20.6. The second-order valence-electron chi connectivity index (χ2n) is 9.86. The van der Waals surface area contributed by atoms with Crippen LogP contribution in [0.15, 0.2) is 60.2 Å². The number of rotatable bonds is 11. The molecule has 1 amide bonds. The van der Waals surface area contributed by atoms with E-state index < -0.39 is 0 Å². The summed E-state index contributed by atoms with van der Waals surface area (Å²) in [5.74, 6) is 0.0905. The molecule has 1 fully saturated rings. The molecule has 0 N–H and O–H groups in total. The van der Waals surface area contributed by atoms with Crippen LogP contribution in [0.1, 0.15) is 49.1 Å². The van der Waals surface area contributed by atoms with Crippen LogP contribution < -0.4 is 0 Å². The summed E-state index contributed by atoms with van der Waals surface area (Å²) in [5, 5.41) is 0. The van der Waals surface area contributed by atoms with Crippen molar-refractivity contribution >= 4 is 6.09 Å². The van der Waals surface area contributed by atoms with Gasteiger partial charge < -0.3 is 18.9 Å². The lowest BCUT2D eigenvalue weighted by Crippen LogP contribution is -2.52. The van der Waals surface area contributed by atoms with Gasteiger partial charge >= 0.3 is 6.09 Å². The Labute approximate surface area is 214 Å². The number of benzene rings is 2. The van der Waals surface area contributed by atoms with Crippen LogP contribution in [0.4, 0.5) is 4.79 Å². The minimum Gasteiger partial charge on any atom is -0.448 e. The maximum absolute atomic E-state index is 13.3. The fourth-order valence-electron chi connectivity index (χ4n) is 5.92. The molecule has 2 aromatic rings. The first-order valence-electron chi connectivity index (χ1n) is 13.2. The monoisotopic (exact) mass is 491 g/mol. The number of methoxy groups -OCH3 is 1. The number of piperidine rings is 1. The summed E-state index contributed by atoms with van der Waals surface area (Å²) in [6.07, 6.45) is 7.12. The molecule has 5 rings (SSSR count). The summed E-state index contributed by atoms with van der Waals surface area (Å²) in [6.45, 7) is 3.44. The second-order valence-corrected chi connectivity index (χ2v) is 9.86. The summed E-state index contributed by atoms with van der Waals surface area (Å²) >= 11 is 0. The molecule has 0 saturated carbocycles. The van der Waals surface area contributed by atoms with Gasteiger partial charge in [0.2, 0.25) is 0 Å². The van der Waals surface area contributed by atoms with E-state index in [4.69, 9.17) is 18.9 Å². The molecule has 192 valence electrons. The van der Waals surface area contributed by atoms with Crippen LogP contribution in [0, 0.1) is 0 Å². The van der Waals surface area contributed by atoms with E-state index in [9.17, 15) is 4.79 Å². The maximum atomic E-state index is 13.3. The molecule has 1 saturated heterocycles. The van der Waals surface area contributed by atoms with Crippen LogP contribution in [-0.4, -0.2) is 69.8 Å². The number of nitrogens with zero attached hydrogens (tertiary/aromatic N) is 1. The van der Waals surface area contributed by atoms with E-state index in [1.54, 1.807) is 7.11 Å². The Kier molecular flexibility index (Phi) is 8.36. The molecule has 2 unspecified atom stereocenters. The van der Waals surface area contributed by atoms with E-state index >= 15 is 0 Å². The molecule has 2 aliphatic heterocycles. The van der Waals surface area contributed by atoms with Crippen molar-refractivity contribution in [3.63, 3.8) is 0 Å². The lowest BCUT2D eigenvalue weighted by Gasteiger charge is -2.44. The highest BCUT2D eigenvalue weighted by Gasteiger charge is 2.38. The summed E-state index contributed by atoms with van der Waals surface area (Å²) < 4.78 is 22.2. The first-order chi connectivity index (χ1) is 17.8. The minimum absolute atomic E-state index is 0.0905. The van der Waals surface area contributed by atoms with E-state index in [1.807, 2.05) is 4.90 Å². The predicted octanol–water partition coefficient (Wildman–Crippen LogP) is 5.56. The maximum Gasteiger partial charge on any atom is 0.410 e. The molecule has 2 aromatic carbocycles. The summed E-state index contributed by atoms with van der Waals surface area (Å²) in [4.78, 5) is 15.3. The Morgan fingerprint density at radius 2 is 1.56 bits per heavy atom. The molecule has 0 aromatic heterocycles. The van der Waals surface area contributed by atoms with Crippen molar-refractivity contribution < 1.29 is 23.7 Å². The molecule has 2 atom stereocenters. The van der Waals surface area contributed by atoms with Gasteiger partial charge in [-0.3, -0.25) is 4.90 Å². The average molecular weight is 492 g/mol. The highest BCUT2D eigenvalue weighted by Crippen LogP contribution is 2.44. The van der Waals surface area contributed by atoms with Crippen LogP contribution >= 0.6 is 0 Å². The average Bonchev–Trinajstić information content (AvgIpc) is 3.22. The molecular weight excluding hydrogens is 454 g/mol. The number of fused-ring (bicyclic) bond motifs is 5. The number of carbonyl (C=O) groups is 1. The standard InChI is InChI=1S/C30H37NO5/c1-33-15-16-35-18-17-34-14-13-22-19-23-7-6-8-24(20-22)31(23)30(32)36-21-29-27-11-4-2-9-25(27)26-10-3-5-12-28(26)29/h2-5,9-12,19,23-24,29H,6-8,13-18,20-21H2,1H3. The molecule has 6 heteroatoms. The van der Waals surface area contributed by atoms with Crippen LogP contribution in [0.5, 0.6) is 0 Å². The fourth-order valence-corrected chi connectivity index (χ4v) is 5.92. The largest absolute Gasteiger partial charge is 0.448 e. The molecule has 6 nitrogen and oxygen atoms in total. The minimum atomic E-state index is -0.175. The van der Waals surface area contributed by atoms with Crippen molar-refractivity contribution in [3.05, 3.63) is 71.3 Å². The van der Waals surface area contributed by atoms with E-state index in [2.05, 4.69) is 54.6 Å². The van der Waals surface area contributed by atoms with Gasteiger partial charge in [0.05, 0.1) is 39.1 Å². The Morgan fingerprint density at radius 3 is 2.25 bits per heavy atom. The summed E-state index contributed by atoms with van der Waals surface area (Å²) in [7, 11) is 1.67. The van der Waals surface area contributed by atoms with Crippen molar-refractivity contribution in [1.29, 1.82) is 0 Å². The van der Waals surface area contributed by atoms with Gasteiger partial charge in [-0.1, -0.05) is 60.2 Å². The van der Waals surface area contributed by atoms with Gasteiger partial charge in [-0.15, -0.1) is 0 Å². The fraction of sp³-hybridized carbons (Fsp3) is 0.500. The van der Waals surface area contributed by atoms with Crippen LogP contribution in [0.2, 0.25) is 0 Å². The lowest BCUT2D eigenvalue weighted by atomic mass is 9.84. The van der Waals surface area contributed by atoms with Gasteiger partial charge in [-0.25, -0.2) is 4.79 Å². The van der Waals surface area contributed by atoms with Crippen molar-refractivity contribution in [3.8, 4) is 11.1 Å². The van der Waals surface area contributed by atoms with Crippen LogP contribution in [-0.2, 0) is 18.9 Å². The highest BCUT2D eigenvalue weighted by molar-refractivity contribution is 5.79. The number of hydrogen-bond donors (Lipinski definition) is 0. The Morgan fingerprint density at radius 1 is 0.889 bits per heavy atom. The van der Waals surface area contributed by atoms with Crippen molar-refractivity contribution in [2.24, 2.45) is 0 Å². The molecule has 2 bridgehead atoms. The van der Waals surface area contributed by atoms with Crippen LogP contribution in [0.25, 0.3) is 11.1 Å². The summed E-state index contributed by atoms with van der Waals surface area (Å²) in [5.41, 5.74) is 6.39. The van der Waals surface area contributed by atoms with Gasteiger partial charge in [0, 0.05) is 19.1 Å². The molecule has 0 spiro atoms. The number of carbonyl (C=O) groups excluding carboxylic acids is 1. The Hall–Kier alpha value is -2.67. The van der Waals surface area contributed by atoms with Crippen LogP contribution in [0.3, 0.4) is 0 Å². The number of hydrogen-bond acceptors (Lipinski definition) is 5. The highest BCUT2D eigenvalue weighted by atomic mass is 16.6. The molecule has 36 heavy (non-hydrogen) atoms. The molecule has 3 aliphatic rings. The zero-order valence-electron chi connectivity index (χ0n) is 21.2. The third kappa shape index (κ3) is 5.51. The first kappa shape index (κ1) is 25.0. The zero-order valence-corrected chi connectivity index (χ0v) is 21.2. The van der Waals surface area contributed by atoms with Crippen molar-refractivity contribution in [2.75, 3.05) is 46.8 Å². The SMILES string of the molecule is COCCOCCOCCC1=CC2CCCC(C1)N2C(=O)OCC1c2ccccc2-c2ccccc21. The predicted molar refractivity (Wildman–Crippen MR) is 139 cm³/mol. The zero-order chi connectivity index (χ0) is 24.7. The first-order valence-corrected chi connectivity index (χ1v) is 13.2. The molecule has 0 radical (unpaired) electrons. The lowest BCUT2D eigenvalue weighted by molar-refractivity contribution is 0.0244. The van der Waals surface area contributed by atoms with E-state index in [1.165, 1.54) is 27.8 Å². The second kappa shape index (κ2) is 12.0. The van der Waals surface area contributed by atoms with Gasteiger partial charge in [0.15, 0.2) is 0 Å². The van der Waals surface area contributed by atoms with E-state index in [-0.39, 0.29) is 24.1 Å². The smallest absolute Gasteiger partial charge is 0.410 e. The van der Waals surface area contributed by atoms with E-state index in [0.717, 1.165) is 32.1 Å². The van der Waals surface area contributed by atoms with E-state index in [0.29, 0.717) is 39.6 Å². The van der Waals surface area contributed by atoms with Gasteiger partial charge in [-0.2, -0.15) is 0 Å². The third-order valence-electron chi connectivity index (χ3n) is 7.63. The number of amides is 1. The van der Waals surface area contributed by atoms with Gasteiger partial charge in [0.1, 0.15) is 6.61 Å².